The van der Waals surface area contributed by atoms with E-state index >= 15 is 0 Å². The van der Waals surface area contributed by atoms with Crippen LogP contribution in [0.2, 0.25) is 0 Å². The number of hydrogen-bond acceptors (Lipinski definition) is 10. The number of nitrogen functional groups attached to an aromatic ring is 1. The van der Waals surface area contributed by atoms with Gasteiger partial charge in [0.1, 0.15) is 30.7 Å². The van der Waals surface area contributed by atoms with Crippen molar-refractivity contribution >= 4 is 23.7 Å². The molecule has 11 heteroatoms. The number of hydrogen-bond donors (Lipinski definition) is 6. The van der Waals surface area contributed by atoms with Crippen molar-refractivity contribution in [2.45, 2.75) is 55.6 Å². The zero-order valence-electron chi connectivity index (χ0n) is 13.8. The Morgan fingerprint density at radius 2 is 1.88 bits per heavy atom. The average Bonchev–Trinajstić information content (AvgIpc) is 3.26. The predicted octanol–water partition coefficient (Wildman–Crippen LogP) is -2.64. The molecule has 0 radical (unpaired) electrons. The topological polar surface area (TPSA) is 175 Å². The van der Waals surface area contributed by atoms with Crippen molar-refractivity contribution in [1.82, 2.24) is 14.5 Å². The Bertz CT molecular complexity index is 734. The molecular formula is C15H22N5O6+. The van der Waals surface area contributed by atoms with Crippen molar-refractivity contribution in [3.63, 3.8) is 0 Å². The number of aliphatic hydroxyl groups excluding tert-OH is 5. The van der Waals surface area contributed by atoms with E-state index in [1.54, 1.807) is 0 Å². The summed E-state index contributed by atoms with van der Waals surface area (Å²) in [6, 6.07) is -0.631. The molecular weight excluding hydrogens is 346 g/mol. The summed E-state index contributed by atoms with van der Waals surface area (Å²) in [6.45, 7) is -0.486. The molecule has 2 fully saturated rings. The molecule has 1 saturated carbocycles. The number of aromatic nitrogens is 2. The Labute approximate surface area is 148 Å². The molecule has 26 heavy (non-hydrogen) atoms. The van der Waals surface area contributed by atoms with Crippen LogP contribution in [0.5, 0.6) is 0 Å². The second-order valence-corrected chi connectivity index (χ2v) is 6.94. The van der Waals surface area contributed by atoms with Gasteiger partial charge in [0.15, 0.2) is 23.9 Å². The van der Waals surface area contributed by atoms with Gasteiger partial charge in [-0.2, -0.15) is 14.5 Å². The molecule has 0 spiro atoms. The molecule has 11 nitrogen and oxygen atoms in total. The fourth-order valence-corrected chi connectivity index (χ4v) is 4.25. The van der Waals surface area contributed by atoms with Gasteiger partial charge in [-0.1, -0.05) is 0 Å². The van der Waals surface area contributed by atoms with E-state index in [2.05, 4.69) is 15.0 Å². The van der Waals surface area contributed by atoms with Crippen LogP contribution in [0, 0.1) is 0 Å². The summed E-state index contributed by atoms with van der Waals surface area (Å²) in [5.41, 5.74) is 6.18. The zero-order chi connectivity index (χ0) is 18.6. The third kappa shape index (κ3) is 2.23. The van der Waals surface area contributed by atoms with E-state index in [0.29, 0.717) is 24.3 Å². The van der Waals surface area contributed by atoms with Gasteiger partial charge in [-0.05, 0) is 6.42 Å². The summed E-state index contributed by atoms with van der Waals surface area (Å²) in [5.74, 6) is 0.441. The van der Waals surface area contributed by atoms with Crippen molar-refractivity contribution in [1.29, 1.82) is 0 Å². The van der Waals surface area contributed by atoms with Gasteiger partial charge in [0.25, 0.3) is 5.82 Å². The van der Waals surface area contributed by atoms with Crippen LogP contribution < -0.4 is 10.2 Å². The molecule has 0 amide bonds. The number of fused-ring (bicyclic) bond motifs is 1. The highest BCUT2D eigenvalue weighted by Gasteiger charge is 2.63. The fourth-order valence-electron chi connectivity index (χ4n) is 4.25. The first kappa shape index (κ1) is 17.7. The van der Waals surface area contributed by atoms with Crippen molar-refractivity contribution in [3.8, 4) is 0 Å². The number of quaternary nitrogens is 1. The van der Waals surface area contributed by atoms with E-state index in [9.17, 15) is 25.5 Å². The molecule has 1 aromatic heterocycles. The number of anilines is 1. The van der Waals surface area contributed by atoms with E-state index in [1.807, 2.05) is 0 Å². The summed E-state index contributed by atoms with van der Waals surface area (Å²) >= 11 is 0. The lowest BCUT2D eigenvalue weighted by molar-refractivity contribution is -0.0939. The van der Waals surface area contributed by atoms with Crippen LogP contribution in [0.4, 0.5) is 17.3 Å². The van der Waals surface area contributed by atoms with Crippen molar-refractivity contribution in [3.05, 3.63) is 6.33 Å². The maximum absolute atomic E-state index is 10.6. The molecule has 1 aliphatic carbocycles. The maximum Gasteiger partial charge on any atom is 0.267 e. The van der Waals surface area contributed by atoms with Crippen LogP contribution >= 0.6 is 0 Å². The molecule has 8 atom stereocenters. The van der Waals surface area contributed by atoms with Gasteiger partial charge in [0, 0.05) is 6.42 Å². The molecule has 4 rings (SSSR count). The van der Waals surface area contributed by atoms with Gasteiger partial charge in [-0.25, -0.2) is 4.98 Å². The van der Waals surface area contributed by atoms with Gasteiger partial charge in [0.2, 0.25) is 6.23 Å². The number of aliphatic imine (C=N–C) groups is 1. The smallest absolute Gasteiger partial charge is 0.267 e. The molecule has 3 aliphatic rings. The lowest BCUT2D eigenvalue weighted by Crippen LogP contribution is -2.67. The van der Waals surface area contributed by atoms with E-state index in [4.69, 9.17) is 10.5 Å². The fraction of sp³-hybridized carbons (Fsp3) is 0.667. The van der Waals surface area contributed by atoms with E-state index in [0.717, 1.165) is 0 Å². The van der Waals surface area contributed by atoms with E-state index in [1.165, 1.54) is 12.7 Å². The van der Waals surface area contributed by atoms with Gasteiger partial charge < -0.3 is 36.0 Å². The predicted molar refractivity (Wildman–Crippen MR) is 89.2 cm³/mol. The molecule has 1 aromatic rings. The Hall–Kier alpha value is -1.73. The van der Waals surface area contributed by atoms with Crippen LogP contribution in [-0.2, 0) is 4.74 Å². The number of ether oxygens (including phenoxy) is 1. The quantitative estimate of drug-likeness (QED) is 0.312. The lowest BCUT2D eigenvalue weighted by Gasteiger charge is -2.41. The normalized spacial score (nSPS) is 44.6. The maximum atomic E-state index is 10.6. The number of nitrogens with two attached hydrogens (primary N) is 1. The van der Waals surface area contributed by atoms with Crippen LogP contribution in [0.1, 0.15) is 12.8 Å². The number of aliphatic hydroxyl groups is 5. The van der Waals surface area contributed by atoms with Crippen LogP contribution in [-0.4, -0.2) is 91.2 Å². The molecule has 3 heterocycles. The minimum Gasteiger partial charge on any atom is -0.394 e. The van der Waals surface area contributed by atoms with Crippen molar-refractivity contribution in [2.75, 3.05) is 12.3 Å². The van der Waals surface area contributed by atoms with Gasteiger partial charge in [-0.3, -0.25) is 0 Å². The monoisotopic (exact) mass is 368 g/mol. The van der Waals surface area contributed by atoms with E-state index < -0.39 is 49.4 Å². The van der Waals surface area contributed by atoms with Crippen molar-refractivity contribution < 1.29 is 30.3 Å². The first-order chi connectivity index (χ1) is 12.4. The molecule has 1 saturated heterocycles. The van der Waals surface area contributed by atoms with Gasteiger partial charge >= 0.3 is 0 Å². The average molecular weight is 368 g/mol. The minimum absolute atomic E-state index is 0.131. The third-order valence-corrected chi connectivity index (χ3v) is 5.61. The largest absolute Gasteiger partial charge is 0.394 e. The van der Waals surface area contributed by atoms with Crippen molar-refractivity contribution in [2.24, 2.45) is 4.99 Å². The Morgan fingerprint density at radius 1 is 1.12 bits per heavy atom. The molecule has 0 bridgehead atoms. The Balaban J connectivity index is 1.86. The summed E-state index contributed by atoms with van der Waals surface area (Å²) in [7, 11) is 0. The minimum atomic E-state index is -1.37. The van der Waals surface area contributed by atoms with Gasteiger partial charge in [-0.15, -0.1) is 0 Å². The lowest BCUT2D eigenvalue weighted by atomic mass is 10.0. The highest BCUT2D eigenvalue weighted by Crippen LogP contribution is 2.48. The Kier molecular flexibility index (Phi) is 4.19. The first-order valence-corrected chi connectivity index (χ1v) is 8.44. The van der Waals surface area contributed by atoms with Crippen LogP contribution in [0.15, 0.2) is 11.3 Å². The molecule has 2 aliphatic heterocycles. The van der Waals surface area contributed by atoms with Crippen LogP contribution in [0.3, 0.4) is 0 Å². The zero-order valence-corrected chi connectivity index (χ0v) is 13.8. The molecule has 142 valence electrons. The Morgan fingerprint density at radius 3 is 2.50 bits per heavy atom. The highest BCUT2D eigenvalue weighted by atomic mass is 16.6. The SMILES string of the molecule is Nc1ncnc2c1N=C[N+]2(C1CC[C@H](O)[C@H]1O)[C@@H]1O[C@H](CO)[C@@H](O)[C@H]1O. The van der Waals surface area contributed by atoms with Crippen LogP contribution in [0.25, 0.3) is 0 Å². The second kappa shape index (κ2) is 6.16. The summed E-state index contributed by atoms with van der Waals surface area (Å²) in [4.78, 5) is 12.4. The first-order valence-electron chi connectivity index (χ1n) is 8.44. The molecule has 0 aromatic carbocycles. The molecule has 2 unspecified atom stereocenters. The number of nitrogens with zero attached hydrogens (tertiary/aromatic N) is 4. The standard InChI is InChI=1S/C15H22N5O6/c16-13-9-14(18-4-17-13)20(5-19-9,6-1-2-7(22)10(6)23)15-12(25)11(24)8(3-21)26-15/h4-8,10-12,15,21-25H,1-3H2,(H2,16,17,18)/q+1/t6?,7-,8+,10-,11+,12+,15+,20?/m0/s1. The summed E-state index contributed by atoms with van der Waals surface area (Å²) in [6.07, 6.45) is -3.39. The highest BCUT2D eigenvalue weighted by molar-refractivity contribution is 5.91. The summed E-state index contributed by atoms with van der Waals surface area (Å²) in [5, 5.41) is 50.9. The number of rotatable bonds is 3. The second-order valence-electron chi connectivity index (χ2n) is 6.94. The summed E-state index contributed by atoms with van der Waals surface area (Å²) < 4.78 is 5.41. The third-order valence-electron chi connectivity index (χ3n) is 5.61. The van der Waals surface area contributed by atoms with E-state index in [-0.39, 0.29) is 10.3 Å². The molecule has 7 N–H and O–H groups in total. The van der Waals surface area contributed by atoms with Gasteiger partial charge in [0.05, 0.1) is 12.7 Å².